The van der Waals surface area contributed by atoms with E-state index < -0.39 is 0 Å². The highest BCUT2D eigenvalue weighted by Gasteiger charge is 2.33. The Balaban J connectivity index is 1.96. The molecule has 0 atom stereocenters. The van der Waals surface area contributed by atoms with E-state index in [4.69, 9.17) is 4.74 Å². The second kappa shape index (κ2) is 9.45. The molecule has 1 aliphatic carbocycles. The second-order valence-corrected chi connectivity index (χ2v) is 6.57. The molecule has 7 nitrogen and oxygen atoms in total. The van der Waals surface area contributed by atoms with Gasteiger partial charge in [-0.25, -0.2) is 0 Å². The standard InChI is InChI=1S/C22H24N2O5/c1-2-29-13-5-10-24-22(28)17-9-8-16-18(19(17)23-11-12-25)21(27)15-7-4-3-6-14(15)20(16)26/h3-4,6-9,23,25H,2,5,10-13H2,1H3,(H,24,28). The van der Waals surface area contributed by atoms with Gasteiger partial charge in [-0.1, -0.05) is 24.3 Å². The Morgan fingerprint density at radius 1 is 1.00 bits per heavy atom. The summed E-state index contributed by atoms with van der Waals surface area (Å²) in [6, 6.07) is 9.70. The molecule has 2 aromatic carbocycles. The minimum atomic E-state index is -0.358. The lowest BCUT2D eigenvalue weighted by Crippen LogP contribution is -2.29. The van der Waals surface area contributed by atoms with Crippen molar-refractivity contribution in [3.63, 3.8) is 0 Å². The smallest absolute Gasteiger partial charge is 0.253 e. The molecule has 0 bridgehead atoms. The molecule has 3 rings (SSSR count). The lowest BCUT2D eigenvalue weighted by atomic mass is 9.82. The van der Waals surface area contributed by atoms with Gasteiger partial charge in [-0.05, 0) is 25.5 Å². The highest BCUT2D eigenvalue weighted by molar-refractivity contribution is 6.31. The molecule has 0 radical (unpaired) electrons. The molecule has 0 aromatic heterocycles. The normalized spacial score (nSPS) is 12.3. The summed E-state index contributed by atoms with van der Waals surface area (Å²) in [6.07, 6.45) is 0.661. The van der Waals surface area contributed by atoms with Gasteiger partial charge in [0.1, 0.15) is 0 Å². The number of hydrogen-bond acceptors (Lipinski definition) is 6. The third-order valence-electron chi connectivity index (χ3n) is 4.71. The molecule has 0 saturated heterocycles. The predicted molar refractivity (Wildman–Crippen MR) is 109 cm³/mol. The third-order valence-corrected chi connectivity index (χ3v) is 4.71. The lowest BCUT2D eigenvalue weighted by Gasteiger charge is -2.22. The van der Waals surface area contributed by atoms with Crippen LogP contribution < -0.4 is 10.6 Å². The highest BCUT2D eigenvalue weighted by atomic mass is 16.5. The Hall–Kier alpha value is -3.03. The first-order valence-electron chi connectivity index (χ1n) is 9.66. The van der Waals surface area contributed by atoms with Crippen LogP contribution in [0.25, 0.3) is 0 Å². The van der Waals surface area contributed by atoms with Gasteiger partial charge in [0.2, 0.25) is 0 Å². The van der Waals surface area contributed by atoms with Crippen molar-refractivity contribution in [3.05, 3.63) is 64.2 Å². The van der Waals surface area contributed by atoms with Crippen molar-refractivity contribution in [1.82, 2.24) is 5.32 Å². The molecule has 0 spiro atoms. The van der Waals surface area contributed by atoms with E-state index in [1.165, 1.54) is 12.1 Å². The van der Waals surface area contributed by atoms with Crippen LogP contribution in [-0.4, -0.2) is 55.5 Å². The number of fused-ring (bicyclic) bond motifs is 2. The Morgan fingerprint density at radius 3 is 2.41 bits per heavy atom. The monoisotopic (exact) mass is 396 g/mol. The second-order valence-electron chi connectivity index (χ2n) is 6.57. The molecule has 0 saturated carbocycles. The van der Waals surface area contributed by atoms with Gasteiger partial charge in [-0.3, -0.25) is 14.4 Å². The van der Waals surface area contributed by atoms with Gasteiger partial charge in [0.25, 0.3) is 5.91 Å². The van der Waals surface area contributed by atoms with Gasteiger partial charge in [0, 0.05) is 43.0 Å². The maximum absolute atomic E-state index is 13.1. The topological polar surface area (TPSA) is 105 Å². The zero-order valence-electron chi connectivity index (χ0n) is 16.3. The average Bonchev–Trinajstić information content (AvgIpc) is 2.75. The molecule has 2 aromatic rings. The Bertz CT molecular complexity index is 939. The van der Waals surface area contributed by atoms with Crippen LogP contribution in [-0.2, 0) is 4.74 Å². The van der Waals surface area contributed by atoms with E-state index in [9.17, 15) is 19.5 Å². The van der Waals surface area contributed by atoms with Gasteiger partial charge in [0.15, 0.2) is 11.6 Å². The summed E-state index contributed by atoms with van der Waals surface area (Å²) in [5.74, 6) is -0.934. The zero-order valence-corrected chi connectivity index (χ0v) is 16.3. The SMILES string of the molecule is CCOCCCNC(=O)c1ccc2c(c1NCCO)C(=O)c1ccccc1C2=O. The molecule has 1 aliphatic rings. The van der Waals surface area contributed by atoms with E-state index in [1.54, 1.807) is 24.3 Å². The van der Waals surface area contributed by atoms with E-state index in [0.29, 0.717) is 37.3 Å². The summed E-state index contributed by atoms with van der Waals surface area (Å²) in [4.78, 5) is 38.8. The van der Waals surface area contributed by atoms with Crippen LogP contribution in [0.4, 0.5) is 5.69 Å². The van der Waals surface area contributed by atoms with Gasteiger partial charge in [-0.15, -0.1) is 0 Å². The number of aliphatic hydroxyl groups excluding tert-OH is 1. The molecule has 7 heteroatoms. The molecule has 1 amide bonds. The molecular weight excluding hydrogens is 372 g/mol. The van der Waals surface area contributed by atoms with Gasteiger partial charge in [0.05, 0.1) is 23.4 Å². The Kier molecular flexibility index (Phi) is 6.74. The predicted octanol–water partition coefficient (Wildman–Crippen LogP) is 2.02. The first-order chi connectivity index (χ1) is 14.1. The van der Waals surface area contributed by atoms with Crippen LogP contribution in [0.5, 0.6) is 0 Å². The number of benzene rings is 2. The quantitative estimate of drug-likeness (QED) is 0.478. The fraction of sp³-hybridized carbons (Fsp3) is 0.318. The largest absolute Gasteiger partial charge is 0.395 e. The number of nitrogens with one attached hydrogen (secondary N) is 2. The molecule has 29 heavy (non-hydrogen) atoms. The first kappa shape index (κ1) is 20.7. The number of carbonyl (C=O) groups excluding carboxylic acids is 3. The maximum atomic E-state index is 13.1. The number of hydrogen-bond donors (Lipinski definition) is 3. The van der Waals surface area contributed by atoms with Crippen LogP contribution in [0.3, 0.4) is 0 Å². The molecular formula is C22H24N2O5. The van der Waals surface area contributed by atoms with Crippen LogP contribution in [0.1, 0.15) is 55.5 Å². The summed E-state index contributed by atoms with van der Waals surface area (Å²) >= 11 is 0. The van der Waals surface area contributed by atoms with Crippen molar-refractivity contribution in [1.29, 1.82) is 0 Å². The third kappa shape index (κ3) is 4.21. The van der Waals surface area contributed by atoms with Gasteiger partial charge < -0.3 is 20.5 Å². The number of ether oxygens (including phenoxy) is 1. The van der Waals surface area contributed by atoms with Crippen molar-refractivity contribution in [2.24, 2.45) is 0 Å². The van der Waals surface area contributed by atoms with Crippen molar-refractivity contribution >= 4 is 23.2 Å². The van der Waals surface area contributed by atoms with Gasteiger partial charge >= 0.3 is 0 Å². The number of amides is 1. The Labute approximate surface area is 169 Å². The summed E-state index contributed by atoms with van der Waals surface area (Å²) < 4.78 is 5.26. The summed E-state index contributed by atoms with van der Waals surface area (Å²) in [6.45, 7) is 3.44. The zero-order chi connectivity index (χ0) is 20.8. The van der Waals surface area contributed by atoms with Crippen LogP contribution >= 0.6 is 0 Å². The van der Waals surface area contributed by atoms with Crippen molar-refractivity contribution in [2.45, 2.75) is 13.3 Å². The summed E-state index contributed by atoms with van der Waals surface area (Å²) in [5.41, 5.74) is 1.62. The van der Waals surface area contributed by atoms with Crippen molar-refractivity contribution < 1.29 is 24.2 Å². The van der Waals surface area contributed by atoms with E-state index in [1.807, 2.05) is 6.92 Å². The number of rotatable bonds is 9. The Morgan fingerprint density at radius 2 is 1.72 bits per heavy atom. The highest BCUT2D eigenvalue weighted by Crippen LogP contribution is 2.34. The van der Waals surface area contributed by atoms with Crippen LogP contribution in [0.2, 0.25) is 0 Å². The van der Waals surface area contributed by atoms with Gasteiger partial charge in [-0.2, -0.15) is 0 Å². The minimum Gasteiger partial charge on any atom is -0.395 e. The number of carbonyl (C=O) groups is 3. The molecule has 0 fully saturated rings. The van der Waals surface area contributed by atoms with E-state index in [-0.39, 0.29) is 53.0 Å². The average molecular weight is 396 g/mol. The number of ketones is 2. The van der Waals surface area contributed by atoms with E-state index in [2.05, 4.69) is 10.6 Å². The fourth-order valence-electron chi connectivity index (χ4n) is 3.36. The van der Waals surface area contributed by atoms with E-state index in [0.717, 1.165) is 0 Å². The fourth-order valence-corrected chi connectivity index (χ4v) is 3.36. The summed E-state index contributed by atoms with van der Waals surface area (Å²) in [5, 5.41) is 15.0. The molecule has 152 valence electrons. The summed E-state index contributed by atoms with van der Waals surface area (Å²) in [7, 11) is 0. The van der Waals surface area contributed by atoms with Crippen molar-refractivity contribution in [2.75, 3.05) is 38.2 Å². The number of aliphatic hydroxyl groups is 1. The lowest BCUT2D eigenvalue weighted by molar-refractivity contribution is 0.0943. The maximum Gasteiger partial charge on any atom is 0.253 e. The number of anilines is 1. The molecule has 3 N–H and O–H groups in total. The first-order valence-corrected chi connectivity index (χ1v) is 9.66. The minimum absolute atomic E-state index is 0.143. The van der Waals surface area contributed by atoms with Crippen LogP contribution in [0, 0.1) is 0 Å². The van der Waals surface area contributed by atoms with Crippen molar-refractivity contribution in [3.8, 4) is 0 Å². The van der Waals surface area contributed by atoms with Crippen LogP contribution in [0.15, 0.2) is 36.4 Å². The molecule has 0 aliphatic heterocycles. The molecule has 0 heterocycles. The van der Waals surface area contributed by atoms with E-state index >= 15 is 0 Å². The molecule has 0 unspecified atom stereocenters.